The van der Waals surface area contributed by atoms with Gasteiger partial charge in [0.15, 0.2) is 0 Å². The van der Waals surface area contributed by atoms with Gasteiger partial charge in [-0.05, 0) is 36.4 Å². The highest BCUT2D eigenvalue weighted by atomic mass is 32.2. The second kappa shape index (κ2) is 10.2. The van der Waals surface area contributed by atoms with Crippen molar-refractivity contribution in [3.05, 3.63) is 60.2 Å². The molecule has 34 heavy (non-hydrogen) atoms. The average molecular weight is 479 g/mol. The Labute approximate surface area is 201 Å². The number of benzene rings is 2. The predicted molar refractivity (Wildman–Crippen MR) is 130 cm³/mol. The van der Waals surface area contributed by atoms with E-state index in [-0.39, 0.29) is 11.7 Å². The fourth-order valence-corrected chi connectivity index (χ4v) is 4.65. The molecule has 0 unspecified atom stereocenters. The molecule has 0 radical (unpaired) electrons. The van der Waals surface area contributed by atoms with Gasteiger partial charge >= 0.3 is 0 Å². The molecule has 1 aliphatic rings. The Morgan fingerprint density at radius 2 is 1.85 bits per heavy atom. The normalized spacial score (nSPS) is 14.0. The van der Waals surface area contributed by atoms with Crippen LogP contribution in [-0.2, 0) is 17.6 Å². The summed E-state index contributed by atoms with van der Waals surface area (Å²) in [5.74, 6) is 2.64. The summed E-state index contributed by atoms with van der Waals surface area (Å²) < 4.78 is 10.9. The van der Waals surface area contributed by atoms with Crippen LogP contribution in [0.3, 0.4) is 0 Å². The summed E-state index contributed by atoms with van der Waals surface area (Å²) in [6, 6.07) is 15.9. The van der Waals surface area contributed by atoms with Crippen LogP contribution >= 0.6 is 11.8 Å². The number of carbonyl (C=O) groups is 1. The van der Waals surface area contributed by atoms with E-state index in [1.54, 1.807) is 7.11 Å². The van der Waals surface area contributed by atoms with Crippen molar-refractivity contribution in [1.82, 2.24) is 25.1 Å². The number of nitrogens with zero attached hydrogens (tertiary/aromatic N) is 5. The third-order valence-corrected chi connectivity index (χ3v) is 6.65. The Hall–Kier alpha value is -3.53. The molecule has 1 aliphatic heterocycles. The highest BCUT2D eigenvalue weighted by Gasteiger charge is 2.22. The molecule has 10 heteroatoms. The number of fused-ring (bicyclic) bond motifs is 1. The first-order valence-corrected chi connectivity index (χ1v) is 12.2. The van der Waals surface area contributed by atoms with Gasteiger partial charge in [0.2, 0.25) is 11.8 Å². The number of para-hydroxylation sites is 2. The topological polar surface area (TPSA) is 100 Å². The first-order valence-electron chi connectivity index (χ1n) is 11.2. The standard InChI is InChI=1S/C24H26N6O3S/c1-32-18-8-6-17(7-9-18)29-12-14-30(15-13-29)23(31)16-34-24-28-27-22(33-24)11-10-21-25-19-4-2-3-5-20(19)26-21/h2-9H,10-16H2,1H3,(H,25,26). The van der Waals surface area contributed by atoms with Crippen LogP contribution in [0.25, 0.3) is 11.0 Å². The highest BCUT2D eigenvalue weighted by molar-refractivity contribution is 7.99. The molecule has 2 aromatic carbocycles. The molecule has 0 aliphatic carbocycles. The molecule has 1 fully saturated rings. The number of H-pyrrole nitrogens is 1. The van der Waals surface area contributed by atoms with Crippen LogP contribution in [0.5, 0.6) is 5.75 Å². The van der Waals surface area contributed by atoms with Crippen molar-refractivity contribution in [2.45, 2.75) is 18.1 Å². The van der Waals surface area contributed by atoms with Gasteiger partial charge in [-0.3, -0.25) is 4.79 Å². The third-order valence-electron chi connectivity index (χ3n) is 5.85. The summed E-state index contributed by atoms with van der Waals surface area (Å²) in [7, 11) is 1.66. The third kappa shape index (κ3) is 5.17. The van der Waals surface area contributed by atoms with Crippen LogP contribution in [0.1, 0.15) is 11.7 Å². The van der Waals surface area contributed by atoms with E-state index < -0.39 is 0 Å². The molecule has 4 aromatic rings. The highest BCUT2D eigenvalue weighted by Crippen LogP contribution is 2.22. The number of carbonyl (C=O) groups excluding carboxylic acids is 1. The summed E-state index contributed by atoms with van der Waals surface area (Å²) in [6.45, 7) is 2.99. The molecule has 1 N–H and O–H groups in total. The van der Waals surface area contributed by atoms with Crippen molar-refractivity contribution in [1.29, 1.82) is 0 Å². The number of nitrogens with one attached hydrogen (secondary N) is 1. The average Bonchev–Trinajstić information content (AvgIpc) is 3.52. The Morgan fingerprint density at radius 1 is 1.06 bits per heavy atom. The van der Waals surface area contributed by atoms with E-state index >= 15 is 0 Å². The van der Waals surface area contributed by atoms with Crippen molar-refractivity contribution in [2.24, 2.45) is 0 Å². The number of hydrogen-bond donors (Lipinski definition) is 1. The molecule has 1 amide bonds. The number of hydrogen-bond acceptors (Lipinski definition) is 8. The molecular formula is C24H26N6O3S. The number of methoxy groups -OCH3 is 1. The van der Waals surface area contributed by atoms with E-state index in [1.807, 2.05) is 53.4 Å². The number of anilines is 1. The van der Waals surface area contributed by atoms with Crippen LogP contribution in [0, 0.1) is 0 Å². The summed E-state index contributed by atoms with van der Waals surface area (Å²) >= 11 is 1.29. The maximum absolute atomic E-state index is 12.7. The Kier molecular flexibility index (Phi) is 6.66. The lowest BCUT2D eigenvalue weighted by molar-refractivity contribution is -0.128. The van der Waals surface area contributed by atoms with Crippen molar-refractivity contribution in [2.75, 3.05) is 43.9 Å². The summed E-state index contributed by atoms with van der Waals surface area (Å²) in [5, 5.41) is 8.61. The number of aryl methyl sites for hydroxylation is 2. The van der Waals surface area contributed by atoms with Gasteiger partial charge in [0.1, 0.15) is 11.6 Å². The Bertz CT molecular complexity index is 1210. The second-order valence-corrected chi connectivity index (χ2v) is 8.94. The maximum Gasteiger partial charge on any atom is 0.277 e. The smallest absolute Gasteiger partial charge is 0.277 e. The van der Waals surface area contributed by atoms with Gasteiger partial charge in [0, 0.05) is 44.7 Å². The summed E-state index contributed by atoms with van der Waals surface area (Å²) in [6.07, 6.45) is 1.27. The minimum Gasteiger partial charge on any atom is -0.497 e. The van der Waals surface area contributed by atoms with Crippen LogP contribution < -0.4 is 9.64 Å². The number of rotatable bonds is 8. The van der Waals surface area contributed by atoms with E-state index in [4.69, 9.17) is 9.15 Å². The van der Waals surface area contributed by atoms with Gasteiger partial charge in [0.05, 0.1) is 23.9 Å². The quantitative estimate of drug-likeness (QED) is 0.386. The molecular weight excluding hydrogens is 452 g/mol. The zero-order valence-electron chi connectivity index (χ0n) is 18.9. The fraction of sp³-hybridized carbons (Fsp3) is 0.333. The molecule has 5 rings (SSSR count). The van der Waals surface area contributed by atoms with E-state index in [1.165, 1.54) is 11.8 Å². The molecule has 0 atom stereocenters. The molecule has 0 spiro atoms. The lowest BCUT2D eigenvalue weighted by Crippen LogP contribution is -2.49. The minimum atomic E-state index is 0.0846. The number of amides is 1. The molecule has 1 saturated heterocycles. The fourth-order valence-electron chi connectivity index (χ4n) is 3.97. The molecule has 2 aromatic heterocycles. The van der Waals surface area contributed by atoms with E-state index in [9.17, 15) is 4.79 Å². The second-order valence-electron chi connectivity index (χ2n) is 8.02. The SMILES string of the molecule is COc1ccc(N2CCN(C(=O)CSc3nnc(CCc4nc5ccccc5[nH]4)o3)CC2)cc1. The van der Waals surface area contributed by atoms with Crippen LogP contribution in [0.4, 0.5) is 5.69 Å². The van der Waals surface area contributed by atoms with Crippen molar-refractivity contribution < 1.29 is 13.9 Å². The van der Waals surface area contributed by atoms with Gasteiger partial charge < -0.3 is 23.9 Å². The van der Waals surface area contributed by atoms with Crippen LogP contribution in [-0.4, -0.2) is 70.0 Å². The monoisotopic (exact) mass is 478 g/mol. The lowest BCUT2D eigenvalue weighted by atomic mass is 10.2. The van der Waals surface area contributed by atoms with E-state index in [0.717, 1.165) is 41.4 Å². The lowest BCUT2D eigenvalue weighted by Gasteiger charge is -2.36. The van der Waals surface area contributed by atoms with E-state index in [2.05, 4.69) is 25.1 Å². The minimum absolute atomic E-state index is 0.0846. The van der Waals surface area contributed by atoms with Crippen molar-refractivity contribution in [3.8, 4) is 5.75 Å². The van der Waals surface area contributed by atoms with Crippen LogP contribution in [0.15, 0.2) is 58.2 Å². The van der Waals surface area contributed by atoms with Crippen molar-refractivity contribution >= 4 is 34.4 Å². The molecule has 0 saturated carbocycles. The number of piperazine rings is 1. The van der Waals surface area contributed by atoms with E-state index in [0.29, 0.717) is 37.0 Å². The van der Waals surface area contributed by atoms with Gasteiger partial charge in [-0.25, -0.2) is 4.98 Å². The Morgan fingerprint density at radius 3 is 2.62 bits per heavy atom. The predicted octanol–water partition coefficient (Wildman–Crippen LogP) is 3.18. The zero-order chi connectivity index (χ0) is 23.3. The number of ether oxygens (including phenoxy) is 1. The summed E-state index contributed by atoms with van der Waals surface area (Å²) in [4.78, 5) is 24.7. The maximum atomic E-state index is 12.7. The van der Waals surface area contributed by atoms with Gasteiger partial charge in [-0.1, -0.05) is 23.9 Å². The summed E-state index contributed by atoms with van der Waals surface area (Å²) in [5.41, 5.74) is 3.11. The first kappa shape index (κ1) is 22.3. The number of aromatic amines is 1. The molecule has 9 nitrogen and oxygen atoms in total. The van der Waals surface area contributed by atoms with Gasteiger partial charge in [0.25, 0.3) is 5.22 Å². The largest absolute Gasteiger partial charge is 0.497 e. The van der Waals surface area contributed by atoms with Crippen LogP contribution in [0.2, 0.25) is 0 Å². The van der Waals surface area contributed by atoms with Gasteiger partial charge in [-0.15, -0.1) is 10.2 Å². The Balaban J connectivity index is 1.06. The number of thioether (sulfide) groups is 1. The van der Waals surface area contributed by atoms with Gasteiger partial charge in [-0.2, -0.15) is 0 Å². The first-order chi connectivity index (χ1) is 16.7. The molecule has 3 heterocycles. The number of imidazole rings is 1. The molecule has 176 valence electrons. The number of aromatic nitrogens is 4. The zero-order valence-corrected chi connectivity index (χ0v) is 19.8. The van der Waals surface area contributed by atoms with Crippen molar-refractivity contribution in [3.63, 3.8) is 0 Å². The molecule has 0 bridgehead atoms.